The van der Waals surface area contributed by atoms with Gasteiger partial charge in [-0.15, -0.1) is 0 Å². The van der Waals surface area contributed by atoms with Crippen LogP contribution in [0.15, 0.2) is 42.5 Å². The standard InChI is InChI=1S/C22H27FN2O3/c1-16-3-6-18(7-4-16)20(15-25-9-11-28-12-10-25)24-22(26)14-17-5-8-21(27-2)19(23)13-17/h3-8,13,20H,9-12,14-15H2,1-2H3,(H,24,26)/t20-/m0/s1. The molecular weight excluding hydrogens is 359 g/mol. The van der Waals surface area contributed by atoms with E-state index in [0.29, 0.717) is 18.8 Å². The fourth-order valence-electron chi connectivity index (χ4n) is 3.33. The van der Waals surface area contributed by atoms with Gasteiger partial charge in [0.15, 0.2) is 11.6 Å². The van der Waals surface area contributed by atoms with Gasteiger partial charge in [0.05, 0.1) is 32.8 Å². The smallest absolute Gasteiger partial charge is 0.224 e. The molecule has 1 saturated heterocycles. The van der Waals surface area contributed by atoms with Crippen LogP contribution in [-0.4, -0.2) is 50.8 Å². The highest BCUT2D eigenvalue weighted by Gasteiger charge is 2.20. The van der Waals surface area contributed by atoms with Gasteiger partial charge in [-0.1, -0.05) is 35.9 Å². The molecule has 1 heterocycles. The quantitative estimate of drug-likeness (QED) is 0.795. The summed E-state index contributed by atoms with van der Waals surface area (Å²) < 4.78 is 24.2. The molecule has 0 bridgehead atoms. The summed E-state index contributed by atoms with van der Waals surface area (Å²) in [6.45, 7) is 5.87. The van der Waals surface area contributed by atoms with Crippen molar-refractivity contribution < 1.29 is 18.7 Å². The average Bonchev–Trinajstić information content (AvgIpc) is 2.69. The maximum atomic E-state index is 13.9. The van der Waals surface area contributed by atoms with Crippen LogP contribution in [0.3, 0.4) is 0 Å². The minimum absolute atomic E-state index is 0.117. The van der Waals surface area contributed by atoms with Gasteiger partial charge >= 0.3 is 0 Å². The molecule has 1 amide bonds. The largest absolute Gasteiger partial charge is 0.494 e. The summed E-state index contributed by atoms with van der Waals surface area (Å²) >= 11 is 0. The molecule has 1 fully saturated rings. The summed E-state index contributed by atoms with van der Waals surface area (Å²) in [7, 11) is 1.42. The van der Waals surface area contributed by atoms with Crippen LogP contribution in [0, 0.1) is 12.7 Å². The third-order valence-electron chi connectivity index (χ3n) is 4.94. The molecule has 0 aliphatic carbocycles. The molecule has 0 saturated carbocycles. The van der Waals surface area contributed by atoms with Crippen LogP contribution in [0.2, 0.25) is 0 Å². The minimum Gasteiger partial charge on any atom is -0.494 e. The molecule has 2 aromatic carbocycles. The lowest BCUT2D eigenvalue weighted by atomic mass is 10.0. The third-order valence-corrected chi connectivity index (χ3v) is 4.94. The molecule has 0 radical (unpaired) electrons. The average molecular weight is 386 g/mol. The van der Waals surface area contributed by atoms with E-state index in [9.17, 15) is 9.18 Å². The van der Waals surface area contributed by atoms with Crippen LogP contribution in [0.5, 0.6) is 5.75 Å². The molecule has 1 atom stereocenters. The lowest BCUT2D eigenvalue weighted by molar-refractivity contribution is -0.121. The van der Waals surface area contributed by atoms with Gasteiger partial charge in [0.1, 0.15) is 0 Å². The fourth-order valence-corrected chi connectivity index (χ4v) is 3.33. The normalized spacial score (nSPS) is 15.8. The minimum atomic E-state index is -0.462. The van der Waals surface area contributed by atoms with E-state index in [0.717, 1.165) is 25.2 Å². The first-order valence-electron chi connectivity index (χ1n) is 9.53. The first-order valence-corrected chi connectivity index (χ1v) is 9.53. The number of nitrogens with zero attached hydrogens (tertiary/aromatic N) is 1. The molecule has 0 aromatic heterocycles. The lowest BCUT2D eigenvalue weighted by Gasteiger charge is -2.31. The number of carbonyl (C=O) groups excluding carboxylic acids is 1. The van der Waals surface area contributed by atoms with E-state index in [1.807, 2.05) is 31.2 Å². The summed E-state index contributed by atoms with van der Waals surface area (Å²) in [4.78, 5) is 15.0. The Morgan fingerprint density at radius 1 is 1.21 bits per heavy atom. The topological polar surface area (TPSA) is 50.8 Å². The second-order valence-corrected chi connectivity index (χ2v) is 7.09. The third kappa shape index (κ3) is 5.53. The number of rotatable bonds is 7. The Morgan fingerprint density at radius 3 is 2.57 bits per heavy atom. The van der Waals surface area contributed by atoms with E-state index in [4.69, 9.17) is 9.47 Å². The molecule has 6 heteroatoms. The van der Waals surface area contributed by atoms with Gasteiger partial charge in [-0.3, -0.25) is 9.69 Å². The zero-order valence-corrected chi connectivity index (χ0v) is 16.4. The maximum absolute atomic E-state index is 13.9. The van der Waals surface area contributed by atoms with Crippen LogP contribution in [0.1, 0.15) is 22.7 Å². The Labute approximate surface area is 165 Å². The van der Waals surface area contributed by atoms with Gasteiger partial charge in [0, 0.05) is 19.6 Å². The number of halogens is 1. The molecule has 2 aromatic rings. The van der Waals surface area contributed by atoms with Gasteiger partial charge in [-0.25, -0.2) is 4.39 Å². The number of hydrogen-bond acceptors (Lipinski definition) is 4. The van der Waals surface area contributed by atoms with E-state index in [1.165, 1.54) is 18.7 Å². The van der Waals surface area contributed by atoms with E-state index in [2.05, 4.69) is 10.2 Å². The maximum Gasteiger partial charge on any atom is 0.224 e. The van der Waals surface area contributed by atoms with Gasteiger partial charge in [0.2, 0.25) is 5.91 Å². The van der Waals surface area contributed by atoms with E-state index in [1.54, 1.807) is 12.1 Å². The molecule has 5 nitrogen and oxygen atoms in total. The first kappa shape index (κ1) is 20.3. The van der Waals surface area contributed by atoms with Gasteiger partial charge in [0.25, 0.3) is 0 Å². The number of nitrogens with one attached hydrogen (secondary N) is 1. The molecule has 28 heavy (non-hydrogen) atoms. The number of hydrogen-bond donors (Lipinski definition) is 1. The number of carbonyl (C=O) groups is 1. The van der Waals surface area contributed by atoms with Gasteiger partial charge < -0.3 is 14.8 Å². The highest BCUT2D eigenvalue weighted by molar-refractivity contribution is 5.79. The molecule has 1 aliphatic heterocycles. The molecule has 1 N–H and O–H groups in total. The molecule has 0 spiro atoms. The van der Waals surface area contributed by atoms with Gasteiger partial charge in [-0.2, -0.15) is 0 Å². The number of ether oxygens (including phenoxy) is 2. The van der Waals surface area contributed by atoms with Crippen molar-refractivity contribution in [2.75, 3.05) is 40.0 Å². The number of amides is 1. The Bertz CT molecular complexity index is 789. The second kappa shape index (κ2) is 9.66. The van der Waals surface area contributed by atoms with Crippen LogP contribution in [0.25, 0.3) is 0 Å². The zero-order chi connectivity index (χ0) is 19.9. The summed E-state index contributed by atoms with van der Waals surface area (Å²) in [5, 5.41) is 3.12. The van der Waals surface area contributed by atoms with Crippen molar-refractivity contribution in [3.05, 3.63) is 65.0 Å². The van der Waals surface area contributed by atoms with Crippen LogP contribution >= 0.6 is 0 Å². The molecule has 3 rings (SSSR count). The van der Waals surface area contributed by atoms with Gasteiger partial charge in [-0.05, 0) is 30.2 Å². The molecular formula is C22H27FN2O3. The lowest BCUT2D eigenvalue weighted by Crippen LogP contribution is -2.43. The Hall–Kier alpha value is -2.44. The number of morpholine rings is 1. The Balaban J connectivity index is 1.69. The van der Waals surface area contributed by atoms with Crippen LogP contribution in [-0.2, 0) is 16.0 Å². The van der Waals surface area contributed by atoms with Crippen molar-refractivity contribution in [3.63, 3.8) is 0 Å². The summed E-state index contributed by atoms with van der Waals surface area (Å²) in [5.74, 6) is -0.423. The highest BCUT2D eigenvalue weighted by atomic mass is 19.1. The molecule has 1 aliphatic rings. The van der Waals surface area contributed by atoms with E-state index >= 15 is 0 Å². The number of aryl methyl sites for hydroxylation is 1. The molecule has 0 unspecified atom stereocenters. The van der Waals surface area contributed by atoms with Crippen molar-refractivity contribution in [2.45, 2.75) is 19.4 Å². The van der Waals surface area contributed by atoms with E-state index < -0.39 is 5.82 Å². The fraction of sp³-hybridized carbons (Fsp3) is 0.409. The van der Waals surface area contributed by atoms with Crippen molar-refractivity contribution in [2.24, 2.45) is 0 Å². The zero-order valence-electron chi connectivity index (χ0n) is 16.4. The monoisotopic (exact) mass is 386 g/mol. The van der Waals surface area contributed by atoms with Crippen molar-refractivity contribution in [1.29, 1.82) is 0 Å². The highest BCUT2D eigenvalue weighted by Crippen LogP contribution is 2.19. The van der Waals surface area contributed by atoms with Crippen molar-refractivity contribution >= 4 is 5.91 Å². The SMILES string of the molecule is COc1ccc(CC(=O)N[C@@H](CN2CCOCC2)c2ccc(C)cc2)cc1F. The second-order valence-electron chi connectivity index (χ2n) is 7.09. The Kier molecular flexibility index (Phi) is 7.01. The summed E-state index contributed by atoms with van der Waals surface area (Å²) in [6.07, 6.45) is 0.117. The molecule has 150 valence electrons. The van der Waals surface area contributed by atoms with Crippen LogP contribution in [0.4, 0.5) is 4.39 Å². The Morgan fingerprint density at radius 2 is 1.93 bits per heavy atom. The number of benzene rings is 2. The summed E-state index contributed by atoms with van der Waals surface area (Å²) in [5.41, 5.74) is 2.85. The predicted molar refractivity (Wildman–Crippen MR) is 106 cm³/mol. The first-order chi connectivity index (χ1) is 13.5. The van der Waals surface area contributed by atoms with Crippen molar-refractivity contribution in [3.8, 4) is 5.75 Å². The predicted octanol–water partition coefficient (Wildman–Crippen LogP) is 2.87. The number of methoxy groups -OCH3 is 1. The van der Waals surface area contributed by atoms with Crippen LogP contribution < -0.4 is 10.1 Å². The van der Waals surface area contributed by atoms with E-state index in [-0.39, 0.29) is 24.1 Å². The summed E-state index contributed by atoms with van der Waals surface area (Å²) in [6, 6.07) is 12.7. The van der Waals surface area contributed by atoms with Crippen molar-refractivity contribution in [1.82, 2.24) is 10.2 Å².